The topological polar surface area (TPSA) is 57.5 Å². The summed E-state index contributed by atoms with van der Waals surface area (Å²) < 4.78 is 10.5. The third kappa shape index (κ3) is 2.37. The maximum absolute atomic E-state index is 10.5. The van der Waals surface area contributed by atoms with Crippen molar-refractivity contribution in [2.24, 2.45) is 5.92 Å². The van der Waals surface area contributed by atoms with Crippen LogP contribution in [0.5, 0.6) is 0 Å². The number of aliphatic hydroxyl groups is 1. The Morgan fingerprint density at radius 2 is 2.27 bits per heavy atom. The molecule has 0 bridgehead atoms. The number of allylic oxidation sites excluding steroid dienone is 2. The predicted octanol–water partition coefficient (Wildman–Crippen LogP) is 1.40. The third-order valence-corrected chi connectivity index (χ3v) is 2.83. The van der Waals surface area contributed by atoms with Gasteiger partial charge in [-0.25, -0.2) is 0 Å². The van der Waals surface area contributed by atoms with Gasteiger partial charge in [-0.1, -0.05) is 12.2 Å². The molecule has 0 spiro atoms. The Hall–Kier alpha value is -0.240. The van der Waals surface area contributed by atoms with Gasteiger partial charge in [0.05, 0.1) is 0 Å². The molecule has 3 nitrogen and oxygen atoms in total. The lowest BCUT2D eigenvalue weighted by Gasteiger charge is -2.14. The molecule has 0 aromatic carbocycles. The molecular formula is C7H12O3P+. The summed E-state index contributed by atoms with van der Waals surface area (Å²) in [5.74, 6) is -1.05. The molecule has 1 aliphatic carbocycles. The molecule has 4 heteroatoms. The van der Waals surface area contributed by atoms with Gasteiger partial charge in [0.25, 0.3) is 5.85 Å². The number of rotatable bonds is 2. The summed E-state index contributed by atoms with van der Waals surface area (Å²) >= 11 is 0. The minimum absolute atomic E-state index is 0.0198. The molecule has 0 saturated heterocycles. The second-order valence-corrected chi connectivity index (χ2v) is 3.89. The summed E-state index contributed by atoms with van der Waals surface area (Å²) in [7, 11) is -2.41. The fourth-order valence-electron chi connectivity index (χ4n) is 1.27. The summed E-state index contributed by atoms with van der Waals surface area (Å²) in [6, 6.07) is 0. The summed E-state index contributed by atoms with van der Waals surface area (Å²) in [5.41, 5.74) is 0. The van der Waals surface area contributed by atoms with E-state index in [1.807, 2.05) is 12.2 Å². The molecule has 3 atom stereocenters. The van der Waals surface area contributed by atoms with Crippen LogP contribution in [0.1, 0.15) is 19.3 Å². The monoisotopic (exact) mass is 175 g/mol. The van der Waals surface area contributed by atoms with Gasteiger partial charge >= 0.3 is 8.03 Å². The SMILES string of the molecule is O=[P+](O)[C@@H](O)[C@H]1CC=CCC1. The first-order valence-electron chi connectivity index (χ1n) is 3.70. The Morgan fingerprint density at radius 3 is 2.73 bits per heavy atom. The van der Waals surface area contributed by atoms with Crippen LogP contribution in [0.3, 0.4) is 0 Å². The van der Waals surface area contributed by atoms with Crippen LogP contribution >= 0.6 is 8.03 Å². The van der Waals surface area contributed by atoms with Crippen LogP contribution < -0.4 is 0 Å². The fraction of sp³-hybridized carbons (Fsp3) is 0.714. The largest absolute Gasteiger partial charge is 0.537 e. The predicted molar refractivity (Wildman–Crippen MR) is 42.3 cm³/mol. The fourth-order valence-corrected chi connectivity index (χ4v) is 1.90. The molecule has 0 aliphatic heterocycles. The molecule has 0 radical (unpaired) electrons. The highest BCUT2D eigenvalue weighted by atomic mass is 31.1. The van der Waals surface area contributed by atoms with E-state index in [4.69, 9.17) is 4.89 Å². The summed E-state index contributed by atoms with van der Waals surface area (Å²) in [4.78, 5) is 8.61. The van der Waals surface area contributed by atoms with Crippen molar-refractivity contribution in [3.63, 3.8) is 0 Å². The lowest BCUT2D eigenvalue weighted by atomic mass is 9.95. The van der Waals surface area contributed by atoms with E-state index >= 15 is 0 Å². The maximum Gasteiger partial charge on any atom is 0.537 e. The molecule has 0 aromatic heterocycles. The Bertz CT molecular complexity index is 179. The van der Waals surface area contributed by atoms with E-state index in [1.165, 1.54) is 0 Å². The maximum atomic E-state index is 10.5. The molecule has 62 valence electrons. The first kappa shape index (κ1) is 8.85. The Labute approximate surface area is 66.6 Å². The molecule has 1 unspecified atom stereocenters. The average molecular weight is 175 g/mol. The normalized spacial score (nSPS) is 28.2. The Morgan fingerprint density at radius 1 is 1.55 bits per heavy atom. The van der Waals surface area contributed by atoms with Crippen LogP contribution in [0.2, 0.25) is 0 Å². The lowest BCUT2D eigenvalue weighted by molar-refractivity contribution is 0.164. The van der Waals surface area contributed by atoms with E-state index in [2.05, 4.69) is 0 Å². The van der Waals surface area contributed by atoms with E-state index in [0.29, 0.717) is 0 Å². The zero-order chi connectivity index (χ0) is 8.27. The molecule has 0 fully saturated rings. The lowest BCUT2D eigenvalue weighted by Crippen LogP contribution is -2.17. The smallest absolute Gasteiger partial charge is 0.348 e. The minimum atomic E-state index is -2.41. The van der Waals surface area contributed by atoms with Crippen molar-refractivity contribution in [1.82, 2.24) is 0 Å². The molecule has 0 amide bonds. The standard InChI is InChI=1S/C7H11O3P/c8-7(11(9)10)6-4-2-1-3-5-6/h1-2,6-8H,3-5H2/p+1/t6-,7+/m0/s1. The molecule has 1 aliphatic rings. The van der Waals surface area contributed by atoms with Crippen molar-refractivity contribution in [2.75, 3.05) is 0 Å². The van der Waals surface area contributed by atoms with Gasteiger partial charge in [-0.15, -0.1) is 0 Å². The molecular weight excluding hydrogens is 163 g/mol. The van der Waals surface area contributed by atoms with Crippen molar-refractivity contribution in [3.8, 4) is 0 Å². The Kier molecular flexibility index (Phi) is 3.18. The molecule has 0 saturated carbocycles. The minimum Gasteiger partial charge on any atom is -0.348 e. The van der Waals surface area contributed by atoms with Crippen molar-refractivity contribution >= 4 is 8.03 Å². The summed E-state index contributed by atoms with van der Waals surface area (Å²) in [6.45, 7) is 0. The van der Waals surface area contributed by atoms with E-state index in [9.17, 15) is 9.67 Å². The zero-order valence-electron chi connectivity index (χ0n) is 6.18. The van der Waals surface area contributed by atoms with Crippen molar-refractivity contribution < 1.29 is 14.6 Å². The average Bonchev–Trinajstić information content (AvgIpc) is 2.05. The van der Waals surface area contributed by atoms with Gasteiger partial charge in [0.15, 0.2) is 0 Å². The van der Waals surface area contributed by atoms with Crippen molar-refractivity contribution in [1.29, 1.82) is 0 Å². The van der Waals surface area contributed by atoms with Crippen LogP contribution in [0, 0.1) is 5.92 Å². The molecule has 11 heavy (non-hydrogen) atoms. The quantitative estimate of drug-likeness (QED) is 0.492. The van der Waals surface area contributed by atoms with Crippen molar-refractivity contribution in [2.45, 2.75) is 25.1 Å². The number of hydrogen-bond donors (Lipinski definition) is 2. The highest BCUT2D eigenvalue weighted by Gasteiger charge is 2.34. The van der Waals surface area contributed by atoms with Gasteiger partial charge < -0.3 is 5.11 Å². The molecule has 2 N–H and O–H groups in total. The van der Waals surface area contributed by atoms with E-state index in [1.54, 1.807) is 0 Å². The van der Waals surface area contributed by atoms with Crippen molar-refractivity contribution in [3.05, 3.63) is 12.2 Å². The van der Waals surface area contributed by atoms with Crippen LogP contribution in [0.25, 0.3) is 0 Å². The first-order chi connectivity index (χ1) is 5.22. The zero-order valence-corrected chi connectivity index (χ0v) is 7.08. The van der Waals surface area contributed by atoms with Crippen LogP contribution in [-0.4, -0.2) is 15.8 Å². The molecule has 0 heterocycles. The van der Waals surface area contributed by atoms with Crippen LogP contribution in [0.4, 0.5) is 0 Å². The van der Waals surface area contributed by atoms with E-state index in [0.717, 1.165) is 19.3 Å². The van der Waals surface area contributed by atoms with E-state index < -0.39 is 13.9 Å². The van der Waals surface area contributed by atoms with Crippen LogP contribution in [0.15, 0.2) is 12.2 Å². The molecule has 1 rings (SSSR count). The highest BCUT2D eigenvalue weighted by molar-refractivity contribution is 7.38. The second kappa shape index (κ2) is 3.96. The second-order valence-electron chi connectivity index (χ2n) is 2.76. The number of hydrogen-bond acceptors (Lipinski definition) is 2. The van der Waals surface area contributed by atoms with Gasteiger partial charge in [0.2, 0.25) is 0 Å². The van der Waals surface area contributed by atoms with E-state index in [-0.39, 0.29) is 5.92 Å². The van der Waals surface area contributed by atoms with Crippen LogP contribution in [-0.2, 0) is 4.57 Å². The Balaban J connectivity index is 2.46. The molecule has 0 aromatic rings. The summed E-state index contributed by atoms with van der Waals surface area (Å²) in [6.07, 6.45) is 6.44. The summed E-state index contributed by atoms with van der Waals surface area (Å²) in [5, 5.41) is 9.18. The van der Waals surface area contributed by atoms with Gasteiger partial charge in [0, 0.05) is 5.92 Å². The van der Waals surface area contributed by atoms with Gasteiger partial charge in [0.1, 0.15) is 0 Å². The van der Waals surface area contributed by atoms with Gasteiger partial charge in [-0.2, -0.15) is 4.89 Å². The third-order valence-electron chi connectivity index (χ3n) is 1.96. The van der Waals surface area contributed by atoms with Gasteiger partial charge in [-0.3, -0.25) is 0 Å². The number of aliphatic hydroxyl groups excluding tert-OH is 1. The first-order valence-corrected chi connectivity index (χ1v) is 4.98. The highest BCUT2D eigenvalue weighted by Crippen LogP contribution is 2.33. The van der Waals surface area contributed by atoms with Gasteiger partial charge in [-0.05, 0) is 23.8 Å².